The van der Waals surface area contributed by atoms with E-state index >= 15 is 0 Å². The number of sulfone groups is 1. The number of anilines is 1. The van der Waals surface area contributed by atoms with Crippen LogP contribution in [0.25, 0.3) is 0 Å². The fourth-order valence-electron chi connectivity index (χ4n) is 6.28. The summed E-state index contributed by atoms with van der Waals surface area (Å²) < 4.78 is 64.5. The highest BCUT2D eigenvalue weighted by molar-refractivity contribution is 7.91. The van der Waals surface area contributed by atoms with Crippen LogP contribution in [-0.4, -0.2) is 70.5 Å². The summed E-state index contributed by atoms with van der Waals surface area (Å²) in [5, 5.41) is 13.8. The van der Waals surface area contributed by atoms with Gasteiger partial charge in [-0.2, -0.15) is 13.2 Å². The van der Waals surface area contributed by atoms with Gasteiger partial charge in [0.05, 0.1) is 22.7 Å². The fraction of sp³-hybridized carbons (Fsp3) is 0.750. The molecule has 8 nitrogen and oxygen atoms in total. The number of alkyl halides is 3. The zero-order chi connectivity index (χ0) is 22.9. The smallest absolute Gasteiger partial charge is 0.390 e. The SMILES string of the molecule is O=C(c1cnc(NC2[C@@H]3CC4C[C@H]2CC(O)(C4)C3)nc1C(F)(F)F)N1CCS(=O)(=O)CC1. The Morgan fingerprint density at radius 1 is 1.16 bits per heavy atom. The summed E-state index contributed by atoms with van der Waals surface area (Å²) in [4.78, 5) is 21.5. The van der Waals surface area contributed by atoms with E-state index < -0.39 is 38.8 Å². The number of carbonyl (C=O) groups excluding carboxylic acids is 1. The number of nitrogens with zero attached hydrogens (tertiary/aromatic N) is 3. The lowest BCUT2D eigenvalue weighted by Gasteiger charge is -2.58. The summed E-state index contributed by atoms with van der Waals surface area (Å²) in [5.41, 5.74) is -2.66. The van der Waals surface area contributed by atoms with Crippen molar-refractivity contribution in [3.63, 3.8) is 0 Å². The van der Waals surface area contributed by atoms with Gasteiger partial charge >= 0.3 is 6.18 Å². The molecule has 1 aromatic rings. The minimum absolute atomic E-state index is 0.109. The summed E-state index contributed by atoms with van der Waals surface area (Å²) >= 11 is 0. The van der Waals surface area contributed by atoms with Crippen LogP contribution in [0.3, 0.4) is 0 Å². The average molecular weight is 475 g/mol. The van der Waals surface area contributed by atoms with Crippen LogP contribution in [0.4, 0.5) is 19.1 Å². The summed E-state index contributed by atoms with van der Waals surface area (Å²) in [6, 6.07) is -0.109. The van der Waals surface area contributed by atoms with E-state index in [1.54, 1.807) is 0 Å². The van der Waals surface area contributed by atoms with E-state index in [1.165, 1.54) is 0 Å². The maximum absolute atomic E-state index is 13.8. The van der Waals surface area contributed by atoms with Gasteiger partial charge in [-0.05, 0) is 49.9 Å². The summed E-state index contributed by atoms with van der Waals surface area (Å²) in [6.45, 7) is -0.318. The van der Waals surface area contributed by atoms with E-state index in [4.69, 9.17) is 0 Å². The van der Waals surface area contributed by atoms with Gasteiger partial charge in [0, 0.05) is 25.3 Å². The van der Waals surface area contributed by atoms with Gasteiger partial charge in [0.15, 0.2) is 15.5 Å². The third-order valence-electron chi connectivity index (χ3n) is 7.46. The second-order valence-corrected chi connectivity index (χ2v) is 12.1. The van der Waals surface area contributed by atoms with E-state index in [0.717, 1.165) is 30.4 Å². The van der Waals surface area contributed by atoms with Crippen molar-refractivity contribution in [2.24, 2.45) is 17.8 Å². The number of carbonyl (C=O) groups is 1. The molecule has 5 atom stereocenters. The van der Waals surface area contributed by atoms with Crippen LogP contribution in [0.5, 0.6) is 0 Å². The molecule has 0 spiro atoms. The third kappa shape index (κ3) is 3.95. The highest BCUT2D eigenvalue weighted by atomic mass is 32.2. The molecule has 6 rings (SSSR count). The number of rotatable bonds is 3. The Hall–Kier alpha value is -1.95. The highest BCUT2D eigenvalue weighted by Crippen LogP contribution is 2.56. The van der Waals surface area contributed by atoms with Crippen molar-refractivity contribution in [3.8, 4) is 0 Å². The van der Waals surface area contributed by atoms with Crippen molar-refractivity contribution >= 4 is 21.7 Å². The summed E-state index contributed by atoms with van der Waals surface area (Å²) in [7, 11) is -3.28. The lowest BCUT2D eigenvalue weighted by Crippen LogP contribution is -2.59. The zero-order valence-electron chi connectivity index (χ0n) is 17.3. The molecule has 176 valence electrons. The molecule has 5 aliphatic rings. The first-order valence-electron chi connectivity index (χ1n) is 10.9. The predicted octanol–water partition coefficient (Wildman–Crippen LogP) is 1.72. The Bertz CT molecular complexity index is 1020. The minimum atomic E-state index is -4.87. The zero-order valence-corrected chi connectivity index (χ0v) is 18.1. The molecule has 1 saturated heterocycles. The number of amides is 1. The number of nitrogens with one attached hydrogen (secondary N) is 1. The number of hydrogen-bond donors (Lipinski definition) is 2. The van der Waals surface area contributed by atoms with Crippen molar-refractivity contribution in [3.05, 3.63) is 17.5 Å². The highest BCUT2D eigenvalue weighted by Gasteiger charge is 2.55. The molecular weight excluding hydrogens is 449 g/mol. The second-order valence-electron chi connectivity index (χ2n) is 9.76. The Kier molecular flexibility index (Phi) is 4.97. The lowest BCUT2D eigenvalue weighted by molar-refractivity contribution is -0.141. The number of aliphatic hydroxyl groups is 1. The third-order valence-corrected chi connectivity index (χ3v) is 9.07. The van der Waals surface area contributed by atoms with E-state index in [2.05, 4.69) is 15.3 Å². The predicted molar refractivity (Wildman–Crippen MR) is 108 cm³/mol. The summed E-state index contributed by atoms with van der Waals surface area (Å²) in [5.74, 6) is -0.899. The maximum atomic E-state index is 13.8. The standard InChI is InChI=1S/C20H25F3N4O4S/c21-20(22,23)16-14(17(28)27-1-3-32(30,31)4-2-27)10-24-18(26-16)25-15-12-5-11-6-13(15)9-19(29,7-11)8-12/h10-13,15,29H,1-9H2,(H,24,25,26)/t11?,12-,13+,15?,19?. The molecule has 0 aromatic carbocycles. The van der Waals surface area contributed by atoms with Crippen LogP contribution in [0.15, 0.2) is 6.20 Å². The lowest BCUT2D eigenvalue weighted by atomic mass is 9.52. The largest absolute Gasteiger partial charge is 0.434 e. The first kappa shape index (κ1) is 21.9. The molecule has 1 amide bonds. The van der Waals surface area contributed by atoms with Gasteiger partial charge in [-0.1, -0.05) is 0 Å². The average Bonchev–Trinajstić information content (AvgIpc) is 2.68. The number of aromatic nitrogens is 2. The second kappa shape index (κ2) is 7.28. The molecule has 2 N–H and O–H groups in total. The molecule has 2 heterocycles. The molecule has 32 heavy (non-hydrogen) atoms. The van der Waals surface area contributed by atoms with Crippen LogP contribution in [0.1, 0.15) is 48.2 Å². The van der Waals surface area contributed by atoms with Crippen LogP contribution in [0.2, 0.25) is 0 Å². The maximum Gasteiger partial charge on any atom is 0.434 e. The van der Waals surface area contributed by atoms with Crippen LogP contribution in [0, 0.1) is 17.8 Å². The van der Waals surface area contributed by atoms with Crippen molar-refractivity contribution in [1.82, 2.24) is 14.9 Å². The molecule has 4 saturated carbocycles. The Morgan fingerprint density at radius 3 is 2.34 bits per heavy atom. The molecule has 1 aliphatic heterocycles. The molecule has 4 bridgehead atoms. The first-order chi connectivity index (χ1) is 14.9. The van der Waals surface area contributed by atoms with Gasteiger partial charge in [-0.3, -0.25) is 4.79 Å². The number of halogens is 3. The number of hydrogen-bond acceptors (Lipinski definition) is 7. The van der Waals surface area contributed by atoms with Crippen molar-refractivity contribution in [1.29, 1.82) is 0 Å². The molecular formula is C20H25F3N4O4S. The summed E-state index contributed by atoms with van der Waals surface area (Å²) in [6.07, 6.45) is -0.0841. The van der Waals surface area contributed by atoms with Gasteiger partial charge in [0.25, 0.3) is 5.91 Å². The molecule has 5 fully saturated rings. The van der Waals surface area contributed by atoms with Gasteiger partial charge in [0.2, 0.25) is 5.95 Å². The van der Waals surface area contributed by atoms with E-state index in [0.29, 0.717) is 18.8 Å². The topological polar surface area (TPSA) is 112 Å². The van der Waals surface area contributed by atoms with Crippen LogP contribution in [-0.2, 0) is 16.0 Å². The molecule has 1 aromatic heterocycles. The normalized spacial score (nSPS) is 35.7. The molecule has 12 heteroatoms. The Morgan fingerprint density at radius 2 is 1.78 bits per heavy atom. The van der Waals surface area contributed by atoms with Gasteiger partial charge < -0.3 is 15.3 Å². The van der Waals surface area contributed by atoms with Crippen molar-refractivity contribution in [2.75, 3.05) is 29.9 Å². The van der Waals surface area contributed by atoms with Crippen LogP contribution >= 0.6 is 0 Å². The fourth-order valence-corrected chi connectivity index (χ4v) is 7.48. The first-order valence-corrected chi connectivity index (χ1v) is 12.7. The van der Waals surface area contributed by atoms with Gasteiger partial charge in [0.1, 0.15) is 0 Å². The minimum Gasteiger partial charge on any atom is -0.390 e. The van der Waals surface area contributed by atoms with Crippen LogP contribution < -0.4 is 5.32 Å². The van der Waals surface area contributed by atoms with Crippen molar-refractivity contribution < 1.29 is 31.5 Å². The molecule has 4 aliphatic carbocycles. The van der Waals surface area contributed by atoms with E-state index in [1.807, 2.05) is 0 Å². The molecule has 0 radical (unpaired) electrons. The monoisotopic (exact) mass is 474 g/mol. The van der Waals surface area contributed by atoms with Gasteiger partial charge in [-0.15, -0.1) is 0 Å². The van der Waals surface area contributed by atoms with Crippen molar-refractivity contribution in [2.45, 2.75) is 49.9 Å². The van der Waals surface area contributed by atoms with E-state index in [9.17, 15) is 31.5 Å². The van der Waals surface area contributed by atoms with E-state index in [-0.39, 0.29) is 48.4 Å². The Balaban J connectivity index is 1.38. The molecule has 3 unspecified atom stereocenters. The van der Waals surface area contributed by atoms with Gasteiger partial charge in [-0.25, -0.2) is 18.4 Å². The quantitative estimate of drug-likeness (QED) is 0.686. The Labute approximate surface area is 183 Å².